The Morgan fingerprint density at radius 2 is 1.26 bits per heavy atom. The van der Waals surface area contributed by atoms with E-state index in [0.29, 0.717) is 6.42 Å². The molecular formula is C20H38F6N2O4S2+2. The summed E-state index contributed by atoms with van der Waals surface area (Å²) in [7, 11) is -9.82. The lowest BCUT2D eigenvalue weighted by atomic mass is 10.2. The van der Waals surface area contributed by atoms with Crippen LogP contribution in [-0.4, -0.2) is 81.4 Å². The van der Waals surface area contributed by atoms with Crippen molar-refractivity contribution in [2.24, 2.45) is 0 Å². The number of likely N-dealkylation sites (tertiary alicyclic amines) is 2. The van der Waals surface area contributed by atoms with Crippen molar-refractivity contribution in [2.75, 3.05) is 39.8 Å². The molecular weight excluding hydrogens is 510 g/mol. The summed E-state index contributed by atoms with van der Waals surface area (Å²) in [6.45, 7) is 6.58. The van der Waals surface area contributed by atoms with Crippen LogP contribution in [0.3, 0.4) is 0 Å². The minimum atomic E-state index is -6.15. The van der Waals surface area contributed by atoms with Crippen molar-refractivity contribution in [1.29, 1.82) is 0 Å². The van der Waals surface area contributed by atoms with E-state index in [1.807, 2.05) is 0 Å². The number of sulfone groups is 1. The zero-order chi connectivity index (χ0) is 26.5. The molecule has 2 fully saturated rings. The first-order valence-electron chi connectivity index (χ1n) is 11.7. The summed E-state index contributed by atoms with van der Waals surface area (Å²) < 4.78 is 124. The second-order valence-electron chi connectivity index (χ2n) is 9.47. The van der Waals surface area contributed by atoms with Gasteiger partial charge in [-0.3, -0.25) is 0 Å². The molecule has 14 heteroatoms. The van der Waals surface area contributed by atoms with Crippen LogP contribution in [0.4, 0.5) is 26.3 Å². The molecule has 6 nitrogen and oxygen atoms in total. The number of hydrogen-bond acceptors (Lipinski definition) is 4. The zero-order valence-corrected chi connectivity index (χ0v) is 21.7. The summed E-state index contributed by atoms with van der Waals surface area (Å²) in [5.41, 5.74) is -11.7. The van der Waals surface area contributed by atoms with Crippen LogP contribution in [0.15, 0.2) is 0 Å². The third-order valence-electron chi connectivity index (χ3n) is 6.80. The quantitative estimate of drug-likeness (QED) is 0.233. The Kier molecular flexibility index (Phi) is 10.8. The van der Waals surface area contributed by atoms with Gasteiger partial charge < -0.3 is 4.48 Å². The average Bonchev–Trinajstić information content (AvgIpc) is 3.33. The molecule has 2 unspecified atom stereocenters. The van der Waals surface area contributed by atoms with Crippen LogP contribution in [-0.2, 0) is 19.9 Å². The lowest BCUT2D eigenvalue weighted by molar-refractivity contribution is -0.897. The summed E-state index contributed by atoms with van der Waals surface area (Å²) >= 11 is 0. The monoisotopic (exact) mass is 548 g/mol. The smallest absolute Gasteiger partial charge is 0.326 e. The number of hydrogen-bond donors (Lipinski definition) is 0. The third-order valence-corrected chi connectivity index (χ3v) is 11.1. The number of alkyl halides is 6. The van der Waals surface area contributed by atoms with Crippen LogP contribution in [0.5, 0.6) is 0 Å². The van der Waals surface area contributed by atoms with E-state index >= 15 is 0 Å². The second kappa shape index (κ2) is 11.6. The van der Waals surface area contributed by atoms with E-state index < -0.39 is 59.6 Å². The van der Waals surface area contributed by atoms with Gasteiger partial charge in [-0.2, -0.15) is 38.6 Å². The van der Waals surface area contributed by atoms with E-state index in [-0.39, 0.29) is 19.3 Å². The Hall–Kier alpha value is -0.600. The van der Waals surface area contributed by atoms with Crippen LogP contribution >= 0.6 is 0 Å². The topological polar surface area (TPSA) is 68.3 Å². The molecule has 0 spiro atoms. The molecule has 34 heavy (non-hydrogen) atoms. The van der Waals surface area contributed by atoms with Gasteiger partial charge in [0.1, 0.15) is 0 Å². The highest BCUT2D eigenvalue weighted by molar-refractivity contribution is 7.93. The predicted octanol–water partition coefficient (Wildman–Crippen LogP) is 4.92. The van der Waals surface area contributed by atoms with Crippen LogP contribution in [0.1, 0.15) is 71.6 Å². The number of unbranched alkanes of at least 4 members (excludes halogenated alkanes) is 3. The van der Waals surface area contributed by atoms with Crippen LogP contribution in [0.2, 0.25) is 0 Å². The van der Waals surface area contributed by atoms with Gasteiger partial charge in [0.05, 0.1) is 39.8 Å². The zero-order valence-electron chi connectivity index (χ0n) is 20.1. The van der Waals surface area contributed by atoms with Gasteiger partial charge in [0, 0.05) is 25.7 Å². The Morgan fingerprint density at radius 1 is 0.735 bits per heavy atom. The average molecular weight is 549 g/mol. The lowest BCUT2D eigenvalue weighted by Gasteiger charge is -2.38. The fourth-order valence-corrected chi connectivity index (χ4v) is 8.57. The Bertz CT molecular complexity index is 853. The maximum atomic E-state index is 13.0. The molecule has 2 heterocycles. The number of halogens is 6. The molecule has 0 N–H and O–H groups in total. The van der Waals surface area contributed by atoms with Crippen molar-refractivity contribution in [1.82, 2.24) is 0 Å². The van der Waals surface area contributed by atoms with Gasteiger partial charge >= 0.3 is 30.9 Å². The van der Waals surface area contributed by atoms with Crippen molar-refractivity contribution in [2.45, 2.75) is 88.0 Å². The van der Waals surface area contributed by atoms with Crippen LogP contribution in [0.25, 0.3) is 0 Å². The van der Waals surface area contributed by atoms with Gasteiger partial charge in [0.2, 0.25) is 5.37 Å². The molecule has 0 amide bonds. The summed E-state index contributed by atoms with van der Waals surface area (Å²) in [5.74, 6) is 0. The molecule has 204 valence electrons. The Balaban J connectivity index is 0.000000479. The maximum absolute atomic E-state index is 13.0. The fraction of sp³-hybridized carbons (Fsp3) is 1.00. The Labute approximate surface area is 199 Å². The van der Waals surface area contributed by atoms with E-state index in [9.17, 15) is 43.2 Å². The van der Waals surface area contributed by atoms with Gasteiger partial charge in [-0.15, -0.1) is 0 Å². The van der Waals surface area contributed by atoms with E-state index in [1.165, 1.54) is 49.8 Å². The highest BCUT2D eigenvalue weighted by atomic mass is 32.2. The Morgan fingerprint density at radius 3 is 1.71 bits per heavy atom. The van der Waals surface area contributed by atoms with Crippen molar-refractivity contribution in [3.05, 3.63) is 0 Å². The van der Waals surface area contributed by atoms with E-state index in [4.69, 9.17) is 0 Å². The van der Waals surface area contributed by atoms with Crippen molar-refractivity contribution >= 4 is 19.9 Å². The highest BCUT2D eigenvalue weighted by Crippen LogP contribution is 2.45. The summed E-state index contributed by atoms with van der Waals surface area (Å²) in [5, 5.41) is -2.69. The van der Waals surface area contributed by atoms with Crippen molar-refractivity contribution in [3.8, 4) is 0 Å². The minimum Gasteiger partial charge on any atom is -0.326 e. The fourth-order valence-electron chi connectivity index (χ4n) is 4.82. The highest BCUT2D eigenvalue weighted by Gasteiger charge is 2.70. The molecule has 0 aromatic carbocycles. The molecule has 2 aliphatic heterocycles. The lowest BCUT2D eigenvalue weighted by Crippen LogP contribution is -2.63. The molecule has 2 atom stereocenters. The second-order valence-corrected chi connectivity index (χ2v) is 13.7. The van der Waals surface area contributed by atoms with E-state index in [0.717, 1.165) is 0 Å². The van der Waals surface area contributed by atoms with Gasteiger partial charge in [-0.25, -0.2) is 8.42 Å². The summed E-state index contributed by atoms with van der Waals surface area (Å²) in [6, 6.07) is 0. The normalized spacial score (nSPS) is 25.7. The van der Waals surface area contributed by atoms with E-state index in [2.05, 4.69) is 14.0 Å². The van der Waals surface area contributed by atoms with Crippen LogP contribution in [0, 0.1) is 0 Å². The number of sulfonamides is 1. The van der Waals surface area contributed by atoms with E-state index in [1.54, 1.807) is 6.92 Å². The minimum absolute atomic E-state index is 0.129. The van der Waals surface area contributed by atoms with Gasteiger partial charge in [0.15, 0.2) is 0 Å². The van der Waals surface area contributed by atoms with Gasteiger partial charge in [-0.05, 0) is 19.3 Å². The number of quaternary nitrogens is 2. The van der Waals surface area contributed by atoms with Gasteiger partial charge in [0.25, 0.3) is 0 Å². The largest absolute Gasteiger partial charge is 0.549 e. The molecule has 0 radical (unpaired) electrons. The molecule has 2 saturated heterocycles. The molecule has 0 aliphatic carbocycles. The number of nitrogens with zero attached hydrogens (tertiary/aromatic N) is 2. The first-order chi connectivity index (χ1) is 15.4. The first-order valence-corrected chi connectivity index (χ1v) is 14.7. The molecule has 2 aliphatic rings. The SMILES string of the molecule is CCCCC[N+]1(S(=O)(=O)C(F)(F)F)CCCC1S(=O)(=O)C(F)(F)F.CCCC[N+]1(C)CCCC1. The van der Waals surface area contributed by atoms with Crippen molar-refractivity contribution in [3.63, 3.8) is 0 Å². The molecule has 0 aromatic heterocycles. The van der Waals surface area contributed by atoms with Gasteiger partial charge in [-0.1, -0.05) is 26.7 Å². The summed E-state index contributed by atoms with van der Waals surface area (Å²) in [6.07, 6.45) is 5.15. The molecule has 0 bridgehead atoms. The summed E-state index contributed by atoms with van der Waals surface area (Å²) in [4.78, 5) is 0. The van der Waals surface area contributed by atoms with Crippen molar-refractivity contribution < 1.29 is 51.5 Å². The predicted molar refractivity (Wildman–Crippen MR) is 117 cm³/mol. The molecule has 0 aromatic rings. The molecule has 2 rings (SSSR count). The standard InChI is InChI=1S/C11H18F6NO4S2.C9H20N/c1-2-3-4-7-18(24(21,22)11(15,16)17)8-5-6-9(18)23(19,20)10(12,13)14;1-3-4-7-10(2)8-5-6-9-10/h9H,2-8H2,1H3;3-9H2,1-2H3/q2*+1. The maximum Gasteiger partial charge on any atom is 0.549 e. The first kappa shape index (κ1) is 31.4. The molecule has 0 saturated carbocycles. The third kappa shape index (κ3) is 6.78. The van der Waals surface area contributed by atoms with Crippen LogP contribution < -0.4 is 0 Å². The number of rotatable bonds is 9.